The Bertz CT molecular complexity index is 917. The number of fused-ring (bicyclic) bond motifs is 1. The number of thiazole rings is 1. The van der Waals surface area contributed by atoms with Gasteiger partial charge in [-0.15, -0.1) is 16.4 Å². The first-order valence-corrected chi connectivity index (χ1v) is 10.0. The fourth-order valence-electron chi connectivity index (χ4n) is 2.62. The highest BCUT2D eigenvalue weighted by Crippen LogP contribution is 2.18. The number of hydrogen-bond donors (Lipinski definition) is 1. The molecule has 9 heteroatoms. The Morgan fingerprint density at radius 1 is 1.28 bits per heavy atom. The van der Waals surface area contributed by atoms with E-state index in [1.54, 1.807) is 15.9 Å². The second kappa shape index (κ2) is 7.49. The van der Waals surface area contributed by atoms with Gasteiger partial charge < -0.3 is 5.32 Å². The van der Waals surface area contributed by atoms with Crippen LogP contribution in [0.4, 0.5) is 0 Å². The maximum Gasteiger partial charge on any atom is 0.253 e. The van der Waals surface area contributed by atoms with E-state index in [0.29, 0.717) is 30.3 Å². The minimum Gasteiger partial charge on any atom is -0.350 e. The average molecular weight is 377 g/mol. The highest BCUT2D eigenvalue weighted by molar-refractivity contribution is 7.98. The molecule has 1 amide bonds. The molecule has 0 spiro atoms. The zero-order valence-electron chi connectivity index (χ0n) is 14.7. The van der Waals surface area contributed by atoms with Crippen molar-refractivity contribution < 1.29 is 4.79 Å². The normalized spacial score (nSPS) is 11.2. The number of carbonyl (C=O) groups is 1. The first kappa shape index (κ1) is 17.8. The molecule has 132 valence electrons. The van der Waals surface area contributed by atoms with E-state index in [1.165, 1.54) is 11.8 Å². The van der Waals surface area contributed by atoms with Crippen molar-refractivity contribution in [2.24, 2.45) is 0 Å². The lowest BCUT2D eigenvalue weighted by Gasteiger charge is -2.10. The molecule has 3 aromatic heterocycles. The van der Waals surface area contributed by atoms with E-state index in [-0.39, 0.29) is 5.91 Å². The number of amides is 1. The van der Waals surface area contributed by atoms with E-state index in [9.17, 15) is 4.79 Å². The fourth-order valence-corrected chi connectivity index (χ4v) is 3.67. The van der Waals surface area contributed by atoms with Gasteiger partial charge in [0.25, 0.3) is 5.78 Å². The van der Waals surface area contributed by atoms with Gasteiger partial charge in [-0.05, 0) is 39.0 Å². The summed E-state index contributed by atoms with van der Waals surface area (Å²) in [5.41, 5.74) is 3.91. The van der Waals surface area contributed by atoms with Crippen LogP contribution in [0.2, 0.25) is 0 Å². The maximum absolute atomic E-state index is 12.1. The highest BCUT2D eigenvalue weighted by atomic mass is 32.2. The summed E-state index contributed by atoms with van der Waals surface area (Å²) in [5, 5.41) is 11.0. The Hall–Kier alpha value is -2.00. The second-order valence-corrected chi connectivity index (χ2v) is 7.45. The Morgan fingerprint density at radius 2 is 2.08 bits per heavy atom. The molecular weight excluding hydrogens is 356 g/mol. The molecule has 0 radical (unpaired) electrons. The van der Waals surface area contributed by atoms with Gasteiger partial charge in [0.1, 0.15) is 5.01 Å². The van der Waals surface area contributed by atoms with Gasteiger partial charge >= 0.3 is 0 Å². The van der Waals surface area contributed by atoms with Gasteiger partial charge in [0.15, 0.2) is 0 Å². The molecule has 0 aliphatic rings. The smallest absolute Gasteiger partial charge is 0.253 e. The molecule has 0 bridgehead atoms. The summed E-state index contributed by atoms with van der Waals surface area (Å²) >= 11 is 3.05. The molecule has 0 saturated carbocycles. The lowest BCUT2D eigenvalue weighted by molar-refractivity contribution is -0.121. The molecule has 3 aromatic rings. The number of rotatable bonds is 6. The quantitative estimate of drug-likeness (QED) is 0.665. The SMILES string of the molecule is CSc1nc2nc(C)c(CCC(=O)NCc3nc(C)cs3)c(C)n2n1. The van der Waals surface area contributed by atoms with Crippen LogP contribution >= 0.6 is 23.1 Å². The highest BCUT2D eigenvalue weighted by Gasteiger charge is 2.14. The van der Waals surface area contributed by atoms with E-state index >= 15 is 0 Å². The van der Waals surface area contributed by atoms with Gasteiger partial charge in [-0.2, -0.15) is 4.98 Å². The molecule has 3 heterocycles. The third-order valence-corrected chi connectivity index (χ3v) is 5.42. The number of aryl methyl sites for hydroxylation is 3. The van der Waals surface area contributed by atoms with Crippen LogP contribution in [0.1, 0.15) is 34.1 Å². The van der Waals surface area contributed by atoms with Crippen LogP contribution < -0.4 is 5.32 Å². The molecule has 0 saturated heterocycles. The first-order valence-electron chi connectivity index (χ1n) is 7.92. The molecule has 0 aliphatic heterocycles. The zero-order valence-corrected chi connectivity index (χ0v) is 16.3. The van der Waals surface area contributed by atoms with Gasteiger partial charge in [0, 0.05) is 28.9 Å². The lowest BCUT2D eigenvalue weighted by atomic mass is 10.1. The van der Waals surface area contributed by atoms with Crippen molar-refractivity contribution >= 4 is 34.8 Å². The molecule has 0 unspecified atom stereocenters. The Kier molecular flexibility index (Phi) is 5.33. The van der Waals surface area contributed by atoms with Crippen molar-refractivity contribution in [1.29, 1.82) is 0 Å². The first-order chi connectivity index (χ1) is 12.0. The fraction of sp³-hybridized carbons (Fsp3) is 0.438. The summed E-state index contributed by atoms with van der Waals surface area (Å²) in [5.74, 6) is 0.613. The second-order valence-electron chi connectivity index (χ2n) is 5.73. The van der Waals surface area contributed by atoms with E-state index in [1.807, 2.05) is 32.4 Å². The third-order valence-electron chi connectivity index (χ3n) is 3.92. The van der Waals surface area contributed by atoms with E-state index in [4.69, 9.17) is 0 Å². The predicted molar refractivity (Wildman–Crippen MR) is 99.1 cm³/mol. The summed E-state index contributed by atoms with van der Waals surface area (Å²) in [6.07, 6.45) is 2.97. The zero-order chi connectivity index (χ0) is 18.0. The number of aromatic nitrogens is 5. The summed E-state index contributed by atoms with van der Waals surface area (Å²) in [7, 11) is 0. The van der Waals surface area contributed by atoms with Gasteiger partial charge in [-0.3, -0.25) is 4.79 Å². The van der Waals surface area contributed by atoms with Gasteiger partial charge in [-0.25, -0.2) is 14.5 Å². The number of thioether (sulfide) groups is 1. The molecule has 0 aliphatic carbocycles. The summed E-state index contributed by atoms with van der Waals surface area (Å²) in [6, 6.07) is 0. The minimum atomic E-state index is 0.00939. The monoisotopic (exact) mass is 376 g/mol. The van der Waals surface area contributed by atoms with E-state index < -0.39 is 0 Å². The molecule has 0 atom stereocenters. The predicted octanol–water partition coefficient (Wildman–Crippen LogP) is 2.48. The van der Waals surface area contributed by atoms with Crippen LogP contribution in [-0.4, -0.2) is 36.7 Å². The molecule has 25 heavy (non-hydrogen) atoms. The van der Waals surface area contributed by atoms with Crippen LogP contribution in [0.3, 0.4) is 0 Å². The van der Waals surface area contributed by atoms with Gasteiger partial charge in [0.05, 0.1) is 6.54 Å². The number of nitrogens with zero attached hydrogens (tertiary/aromatic N) is 5. The van der Waals surface area contributed by atoms with Gasteiger partial charge in [-0.1, -0.05) is 11.8 Å². The summed E-state index contributed by atoms with van der Waals surface area (Å²) in [6.45, 7) is 6.37. The summed E-state index contributed by atoms with van der Waals surface area (Å²) < 4.78 is 1.75. The standard InChI is InChI=1S/C16H20N6OS2/c1-9-8-25-14(18-9)7-17-13(23)6-5-12-10(2)19-15-20-16(24-4)21-22(15)11(12)3/h8H,5-7H2,1-4H3,(H,17,23). The van der Waals surface area contributed by atoms with Crippen molar-refractivity contribution in [3.05, 3.63) is 33.0 Å². The largest absolute Gasteiger partial charge is 0.350 e. The van der Waals surface area contributed by atoms with Crippen LogP contribution in [0, 0.1) is 20.8 Å². The minimum absolute atomic E-state index is 0.00939. The third kappa shape index (κ3) is 3.98. The number of carbonyl (C=O) groups excluding carboxylic acids is 1. The topological polar surface area (TPSA) is 85.1 Å². The Balaban J connectivity index is 1.66. The maximum atomic E-state index is 12.1. The summed E-state index contributed by atoms with van der Waals surface area (Å²) in [4.78, 5) is 25.4. The van der Waals surface area contributed by atoms with Crippen LogP contribution in [0.5, 0.6) is 0 Å². The van der Waals surface area contributed by atoms with E-state index in [2.05, 4.69) is 25.4 Å². The van der Waals surface area contributed by atoms with Crippen LogP contribution in [-0.2, 0) is 17.8 Å². The lowest BCUT2D eigenvalue weighted by Crippen LogP contribution is -2.23. The molecule has 3 rings (SSSR count). The molecule has 0 aromatic carbocycles. The van der Waals surface area contributed by atoms with Crippen molar-refractivity contribution in [1.82, 2.24) is 29.9 Å². The average Bonchev–Trinajstić information content (AvgIpc) is 3.18. The van der Waals surface area contributed by atoms with Crippen molar-refractivity contribution in [3.8, 4) is 0 Å². The molecule has 1 N–H and O–H groups in total. The van der Waals surface area contributed by atoms with Crippen molar-refractivity contribution in [2.75, 3.05) is 6.26 Å². The molecular formula is C16H20N6OS2. The Morgan fingerprint density at radius 3 is 2.76 bits per heavy atom. The number of hydrogen-bond acceptors (Lipinski definition) is 7. The molecule has 0 fully saturated rings. The van der Waals surface area contributed by atoms with E-state index in [0.717, 1.165) is 27.7 Å². The molecule has 7 nitrogen and oxygen atoms in total. The number of nitrogens with one attached hydrogen (secondary N) is 1. The Labute approximate surface area is 154 Å². The van der Waals surface area contributed by atoms with Crippen molar-refractivity contribution in [3.63, 3.8) is 0 Å². The van der Waals surface area contributed by atoms with Crippen LogP contribution in [0.15, 0.2) is 10.5 Å². The van der Waals surface area contributed by atoms with Crippen LogP contribution in [0.25, 0.3) is 5.78 Å². The van der Waals surface area contributed by atoms with Gasteiger partial charge in [0.2, 0.25) is 11.1 Å². The van der Waals surface area contributed by atoms with Crippen molar-refractivity contribution in [2.45, 2.75) is 45.3 Å².